The van der Waals surface area contributed by atoms with E-state index in [1.807, 2.05) is 26.1 Å². The average Bonchev–Trinajstić information content (AvgIpc) is 2.37. The van der Waals surface area contributed by atoms with Crippen LogP contribution in [0.4, 0.5) is 5.82 Å². The zero-order valence-corrected chi connectivity index (χ0v) is 10.8. The fourth-order valence-corrected chi connectivity index (χ4v) is 1.62. The maximum absolute atomic E-state index is 5.11. The first-order valence-electron chi connectivity index (χ1n) is 5.72. The monoisotopic (exact) mass is 244 g/mol. The Balaban J connectivity index is 2.11. The van der Waals surface area contributed by atoms with Crippen LogP contribution in [0.2, 0.25) is 0 Å². The van der Waals surface area contributed by atoms with Gasteiger partial charge in [0.15, 0.2) is 0 Å². The lowest BCUT2D eigenvalue weighted by atomic mass is 10.1. The quantitative estimate of drug-likeness (QED) is 0.892. The average molecular weight is 244 g/mol. The molecule has 5 nitrogen and oxygen atoms in total. The number of ether oxygens (including phenoxy) is 1. The number of aromatic nitrogens is 3. The Morgan fingerprint density at radius 1 is 1.28 bits per heavy atom. The molecule has 1 N–H and O–H groups in total. The van der Waals surface area contributed by atoms with Crippen molar-refractivity contribution in [3.63, 3.8) is 0 Å². The number of methoxy groups -OCH3 is 1. The standard InChI is InChI=1S/C13H16N4O/c1-9-7-14-5-4-11(9)8-15-12-6-13(18-3)17-10(2)16-12/h4-7H,8H2,1-3H3,(H,15,16,17). The largest absolute Gasteiger partial charge is 0.481 e. The molecule has 2 aromatic heterocycles. The highest BCUT2D eigenvalue weighted by Gasteiger charge is 2.02. The molecule has 0 aliphatic rings. The summed E-state index contributed by atoms with van der Waals surface area (Å²) < 4.78 is 5.11. The van der Waals surface area contributed by atoms with Gasteiger partial charge in [-0.1, -0.05) is 0 Å². The highest BCUT2D eigenvalue weighted by Crippen LogP contribution is 2.14. The number of rotatable bonds is 4. The molecule has 0 spiro atoms. The summed E-state index contributed by atoms with van der Waals surface area (Å²) in [5.41, 5.74) is 2.35. The molecule has 0 bridgehead atoms. The van der Waals surface area contributed by atoms with Gasteiger partial charge in [0.1, 0.15) is 11.6 Å². The van der Waals surface area contributed by atoms with E-state index < -0.39 is 0 Å². The number of nitrogens with one attached hydrogen (secondary N) is 1. The van der Waals surface area contributed by atoms with Crippen LogP contribution in [0, 0.1) is 13.8 Å². The number of hydrogen-bond donors (Lipinski definition) is 1. The van der Waals surface area contributed by atoms with E-state index in [0.29, 0.717) is 18.2 Å². The minimum absolute atomic E-state index is 0.566. The molecular weight excluding hydrogens is 228 g/mol. The smallest absolute Gasteiger partial charge is 0.218 e. The van der Waals surface area contributed by atoms with Gasteiger partial charge in [0.2, 0.25) is 5.88 Å². The Morgan fingerprint density at radius 2 is 2.11 bits per heavy atom. The molecule has 0 radical (unpaired) electrons. The van der Waals surface area contributed by atoms with Crippen molar-refractivity contribution in [1.82, 2.24) is 15.0 Å². The van der Waals surface area contributed by atoms with E-state index in [2.05, 4.69) is 20.3 Å². The van der Waals surface area contributed by atoms with Crippen molar-refractivity contribution in [2.24, 2.45) is 0 Å². The van der Waals surface area contributed by atoms with E-state index in [-0.39, 0.29) is 0 Å². The highest BCUT2D eigenvalue weighted by molar-refractivity contribution is 5.39. The molecule has 0 aliphatic heterocycles. The van der Waals surface area contributed by atoms with Gasteiger partial charge in [-0.15, -0.1) is 0 Å². The van der Waals surface area contributed by atoms with Crippen molar-refractivity contribution in [3.05, 3.63) is 41.5 Å². The van der Waals surface area contributed by atoms with E-state index in [0.717, 1.165) is 11.4 Å². The Labute approximate surface area is 106 Å². The van der Waals surface area contributed by atoms with E-state index in [1.165, 1.54) is 5.56 Å². The van der Waals surface area contributed by atoms with Gasteiger partial charge in [-0.05, 0) is 31.0 Å². The van der Waals surface area contributed by atoms with Crippen LogP contribution in [0.15, 0.2) is 24.5 Å². The highest BCUT2D eigenvalue weighted by atomic mass is 16.5. The topological polar surface area (TPSA) is 59.9 Å². The van der Waals surface area contributed by atoms with Gasteiger partial charge in [-0.2, -0.15) is 4.98 Å². The van der Waals surface area contributed by atoms with Crippen LogP contribution >= 0.6 is 0 Å². The zero-order chi connectivity index (χ0) is 13.0. The third-order valence-corrected chi connectivity index (χ3v) is 2.62. The van der Waals surface area contributed by atoms with Gasteiger partial charge in [0, 0.05) is 25.0 Å². The van der Waals surface area contributed by atoms with Crippen LogP contribution in [0.5, 0.6) is 5.88 Å². The van der Waals surface area contributed by atoms with Crippen LogP contribution in [-0.4, -0.2) is 22.1 Å². The van der Waals surface area contributed by atoms with E-state index in [4.69, 9.17) is 4.74 Å². The van der Waals surface area contributed by atoms with Gasteiger partial charge in [-0.25, -0.2) is 4.98 Å². The van der Waals surface area contributed by atoms with E-state index >= 15 is 0 Å². The molecule has 0 aliphatic carbocycles. The molecule has 5 heteroatoms. The number of pyridine rings is 1. The number of hydrogen-bond acceptors (Lipinski definition) is 5. The summed E-state index contributed by atoms with van der Waals surface area (Å²) in [6, 6.07) is 3.77. The molecule has 0 atom stereocenters. The van der Waals surface area contributed by atoms with Gasteiger partial charge in [-0.3, -0.25) is 4.98 Å². The fraction of sp³-hybridized carbons (Fsp3) is 0.308. The number of nitrogens with zero attached hydrogens (tertiary/aromatic N) is 3. The van der Waals surface area contributed by atoms with Crippen molar-refractivity contribution >= 4 is 5.82 Å². The first-order chi connectivity index (χ1) is 8.69. The summed E-state index contributed by atoms with van der Waals surface area (Å²) in [5.74, 6) is 2.01. The lowest BCUT2D eigenvalue weighted by molar-refractivity contribution is 0.396. The molecule has 94 valence electrons. The maximum Gasteiger partial charge on any atom is 0.218 e. The first-order valence-corrected chi connectivity index (χ1v) is 5.72. The van der Waals surface area contributed by atoms with Crippen molar-refractivity contribution in [2.75, 3.05) is 12.4 Å². The molecule has 0 unspecified atom stereocenters. The van der Waals surface area contributed by atoms with Crippen LogP contribution in [-0.2, 0) is 6.54 Å². The second kappa shape index (κ2) is 5.44. The minimum atomic E-state index is 0.566. The summed E-state index contributed by atoms with van der Waals surface area (Å²) >= 11 is 0. The number of aryl methyl sites for hydroxylation is 2. The molecule has 2 rings (SSSR count). The minimum Gasteiger partial charge on any atom is -0.481 e. The van der Waals surface area contributed by atoms with Gasteiger partial charge in [0.05, 0.1) is 7.11 Å². The second-order valence-corrected chi connectivity index (χ2v) is 4.00. The van der Waals surface area contributed by atoms with Crippen LogP contribution in [0.1, 0.15) is 17.0 Å². The molecule has 2 heterocycles. The van der Waals surface area contributed by atoms with Crippen molar-refractivity contribution in [3.8, 4) is 5.88 Å². The summed E-state index contributed by atoms with van der Waals surface area (Å²) in [6.45, 7) is 4.58. The fourth-order valence-electron chi connectivity index (χ4n) is 1.62. The van der Waals surface area contributed by atoms with Crippen LogP contribution in [0.3, 0.4) is 0 Å². The normalized spacial score (nSPS) is 10.2. The molecule has 18 heavy (non-hydrogen) atoms. The maximum atomic E-state index is 5.11. The van der Waals surface area contributed by atoms with E-state index in [9.17, 15) is 0 Å². The Kier molecular flexibility index (Phi) is 3.72. The Bertz CT molecular complexity index is 542. The summed E-state index contributed by atoms with van der Waals surface area (Å²) in [5, 5.41) is 3.26. The lowest BCUT2D eigenvalue weighted by Crippen LogP contribution is -2.05. The molecular formula is C13H16N4O. The molecule has 0 fully saturated rings. The van der Waals surface area contributed by atoms with E-state index in [1.54, 1.807) is 19.4 Å². The first kappa shape index (κ1) is 12.3. The summed E-state index contributed by atoms with van der Waals surface area (Å²) in [6.07, 6.45) is 3.64. The number of anilines is 1. The van der Waals surface area contributed by atoms with Gasteiger partial charge >= 0.3 is 0 Å². The Hall–Kier alpha value is -2.17. The van der Waals surface area contributed by atoms with Gasteiger partial charge < -0.3 is 10.1 Å². The van der Waals surface area contributed by atoms with Crippen molar-refractivity contribution in [1.29, 1.82) is 0 Å². The lowest BCUT2D eigenvalue weighted by Gasteiger charge is -2.09. The van der Waals surface area contributed by atoms with Crippen molar-refractivity contribution in [2.45, 2.75) is 20.4 Å². The van der Waals surface area contributed by atoms with Crippen molar-refractivity contribution < 1.29 is 4.74 Å². The molecule has 0 saturated carbocycles. The SMILES string of the molecule is COc1cc(NCc2ccncc2C)nc(C)n1. The molecule has 0 aromatic carbocycles. The summed E-state index contributed by atoms with van der Waals surface area (Å²) in [4.78, 5) is 12.5. The predicted octanol–water partition coefficient (Wildman–Crippen LogP) is 2.11. The van der Waals surface area contributed by atoms with Crippen LogP contribution in [0.25, 0.3) is 0 Å². The van der Waals surface area contributed by atoms with Crippen LogP contribution < -0.4 is 10.1 Å². The van der Waals surface area contributed by atoms with Gasteiger partial charge in [0.25, 0.3) is 0 Å². The third kappa shape index (κ3) is 2.94. The Morgan fingerprint density at radius 3 is 2.83 bits per heavy atom. The molecule has 2 aromatic rings. The molecule has 0 amide bonds. The third-order valence-electron chi connectivity index (χ3n) is 2.62. The molecule has 0 saturated heterocycles. The summed E-state index contributed by atoms with van der Waals surface area (Å²) in [7, 11) is 1.60. The predicted molar refractivity (Wildman–Crippen MR) is 69.6 cm³/mol. The zero-order valence-electron chi connectivity index (χ0n) is 10.8. The second-order valence-electron chi connectivity index (χ2n) is 4.00.